The van der Waals surface area contributed by atoms with Crippen LogP contribution in [0.15, 0.2) is 36.4 Å². The molecule has 13 nitrogen and oxygen atoms in total. The lowest BCUT2D eigenvalue weighted by Crippen LogP contribution is -2.44. The maximum atomic E-state index is 13.6. The van der Waals surface area contributed by atoms with E-state index in [4.69, 9.17) is 16.6 Å². The molecule has 2 aliphatic heterocycles. The molecular formula is C37H43ClN8O5. The number of nitrogens with zero attached hydrogens (tertiary/aromatic N) is 6. The molecule has 0 saturated heterocycles. The Morgan fingerprint density at radius 2 is 1.37 bits per heavy atom. The fourth-order valence-corrected chi connectivity index (χ4v) is 8.07. The third kappa shape index (κ3) is 6.38. The van der Waals surface area contributed by atoms with E-state index in [-0.39, 0.29) is 34.2 Å². The van der Waals surface area contributed by atoms with Gasteiger partial charge in [0.15, 0.2) is 11.6 Å². The van der Waals surface area contributed by atoms with Crippen LogP contribution in [0, 0.1) is 5.41 Å². The molecule has 2 amide bonds. The van der Waals surface area contributed by atoms with Gasteiger partial charge in [0.2, 0.25) is 0 Å². The van der Waals surface area contributed by atoms with Crippen molar-refractivity contribution in [2.45, 2.75) is 64.6 Å². The van der Waals surface area contributed by atoms with E-state index in [9.17, 15) is 24.6 Å². The first-order valence-electron chi connectivity index (χ1n) is 17.3. The number of amides is 2. The highest BCUT2D eigenvalue weighted by Gasteiger charge is 2.40. The van der Waals surface area contributed by atoms with Gasteiger partial charge in [0, 0.05) is 81.7 Å². The second-order valence-electron chi connectivity index (χ2n) is 14.4. The van der Waals surface area contributed by atoms with Crippen LogP contribution in [0.2, 0.25) is 5.02 Å². The number of rotatable bonds is 7. The fourth-order valence-electron chi connectivity index (χ4n) is 7.80. The van der Waals surface area contributed by atoms with Gasteiger partial charge in [-0.2, -0.15) is 0 Å². The Hall–Kier alpha value is -4.72. The fraction of sp³-hybridized carbons (Fsp3) is 0.432. The van der Waals surface area contributed by atoms with Gasteiger partial charge >= 0.3 is 5.97 Å². The highest BCUT2D eigenvalue weighted by atomic mass is 35.5. The number of aromatic nitrogens is 4. The Morgan fingerprint density at radius 3 is 2.00 bits per heavy atom. The van der Waals surface area contributed by atoms with E-state index < -0.39 is 23.2 Å². The lowest BCUT2D eigenvalue weighted by molar-refractivity contribution is -0.150. The minimum absolute atomic E-state index is 0.165. The summed E-state index contributed by atoms with van der Waals surface area (Å²) in [4.78, 5) is 52.5. The number of halogens is 1. The molecule has 0 atom stereocenters. The number of carboxylic acid groups (broad SMARTS) is 1. The second-order valence-corrected chi connectivity index (χ2v) is 14.7. The SMILES string of the molecule is CN1CCc2c(nc(C(=O)Nc3cccc(-c4cccc(NC(=O)c5nc6c(n5C)CCN(C5CCC(C)(C(=O)O)CC5)C6)c4Cl)c3O)n2C)C1. The number of fused-ring (bicyclic) bond motifs is 2. The van der Waals surface area contributed by atoms with Crippen LogP contribution in [0.3, 0.4) is 0 Å². The number of carbonyl (C=O) groups is 3. The Balaban J connectivity index is 1.06. The summed E-state index contributed by atoms with van der Waals surface area (Å²) < 4.78 is 3.64. The van der Waals surface area contributed by atoms with E-state index in [1.54, 1.807) is 36.4 Å². The zero-order valence-electron chi connectivity index (χ0n) is 29.3. The maximum absolute atomic E-state index is 13.6. The van der Waals surface area contributed by atoms with Crippen LogP contribution >= 0.6 is 11.6 Å². The van der Waals surface area contributed by atoms with Crippen molar-refractivity contribution in [3.05, 3.63) is 75.8 Å². The summed E-state index contributed by atoms with van der Waals surface area (Å²) in [5.74, 6) is -1.21. The van der Waals surface area contributed by atoms with Gasteiger partial charge in [0.1, 0.15) is 5.75 Å². The molecule has 7 rings (SSSR count). The summed E-state index contributed by atoms with van der Waals surface area (Å²) in [6, 6.07) is 10.5. The number of hydrogen-bond acceptors (Lipinski definition) is 8. The van der Waals surface area contributed by atoms with Crippen molar-refractivity contribution in [2.24, 2.45) is 19.5 Å². The molecule has 0 bridgehead atoms. The predicted octanol–water partition coefficient (Wildman–Crippen LogP) is 5.06. The largest absolute Gasteiger partial charge is 0.505 e. The molecule has 2 aromatic heterocycles. The van der Waals surface area contributed by atoms with E-state index in [0.717, 1.165) is 61.5 Å². The number of para-hydroxylation sites is 1. The Morgan fingerprint density at radius 1 is 0.824 bits per heavy atom. The van der Waals surface area contributed by atoms with Crippen molar-refractivity contribution in [1.29, 1.82) is 0 Å². The minimum Gasteiger partial charge on any atom is -0.505 e. The Labute approximate surface area is 301 Å². The van der Waals surface area contributed by atoms with Crippen LogP contribution < -0.4 is 10.6 Å². The van der Waals surface area contributed by atoms with Crippen LogP contribution in [0.5, 0.6) is 5.75 Å². The van der Waals surface area contributed by atoms with Crippen LogP contribution in [0.4, 0.5) is 11.4 Å². The number of aromatic hydroxyl groups is 1. The van der Waals surface area contributed by atoms with Crippen LogP contribution in [0.1, 0.15) is 76.6 Å². The number of nitrogens with one attached hydrogen (secondary N) is 2. The third-order valence-electron chi connectivity index (χ3n) is 11.1. The van der Waals surface area contributed by atoms with Gasteiger partial charge in [-0.1, -0.05) is 35.9 Å². The predicted molar refractivity (Wildman–Crippen MR) is 193 cm³/mol. The van der Waals surface area contributed by atoms with Crippen molar-refractivity contribution >= 4 is 40.8 Å². The quantitative estimate of drug-likeness (QED) is 0.192. The molecular weight excluding hydrogens is 672 g/mol. The smallest absolute Gasteiger partial charge is 0.309 e. The van der Waals surface area contributed by atoms with Gasteiger partial charge in [-0.05, 0) is 51.8 Å². The molecule has 0 spiro atoms. The first-order chi connectivity index (χ1) is 24.3. The van der Waals surface area contributed by atoms with Crippen LogP contribution in [-0.4, -0.2) is 83.1 Å². The van der Waals surface area contributed by atoms with Crippen LogP contribution in [0.25, 0.3) is 11.1 Å². The molecule has 1 saturated carbocycles. The highest BCUT2D eigenvalue weighted by Crippen LogP contribution is 2.42. The lowest BCUT2D eigenvalue weighted by atomic mass is 9.73. The first kappa shape index (κ1) is 34.7. The molecule has 1 fully saturated rings. The molecule has 4 N–H and O–H groups in total. The summed E-state index contributed by atoms with van der Waals surface area (Å²) in [5, 5.41) is 26.9. The zero-order valence-corrected chi connectivity index (χ0v) is 30.0. The minimum atomic E-state index is -0.727. The normalized spacial score (nSPS) is 20.8. The van der Waals surface area contributed by atoms with E-state index in [1.165, 1.54) is 0 Å². The van der Waals surface area contributed by atoms with Crippen molar-refractivity contribution in [1.82, 2.24) is 28.9 Å². The summed E-state index contributed by atoms with van der Waals surface area (Å²) in [6.07, 6.45) is 4.47. The number of aliphatic carboxylic acids is 1. The Kier molecular flexibility index (Phi) is 9.15. The molecule has 4 aromatic rings. The average molecular weight is 715 g/mol. The number of anilines is 2. The molecule has 51 heavy (non-hydrogen) atoms. The summed E-state index contributed by atoms with van der Waals surface area (Å²) >= 11 is 6.88. The molecule has 3 aliphatic rings. The van der Waals surface area contributed by atoms with Crippen molar-refractivity contribution < 1.29 is 24.6 Å². The molecule has 4 heterocycles. The van der Waals surface area contributed by atoms with Gasteiger partial charge in [0.05, 0.1) is 33.2 Å². The van der Waals surface area contributed by atoms with Crippen molar-refractivity contribution in [2.75, 3.05) is 30.8 Å². The number of phenols is 1. The second kappa shape index (κ2) is 13.4. The van der Waals surface area contributed by atoms with E-state index >= 15 is 0 Å². The number of phenolic OH excluding ortho intramolecular Hbond substituents is 1. The number of carbonyl (C=O) groups excluding carboxylic acids is 2. The average Bonchev–Trinajstić information content (AvgIpc) is 3.62. The zero-order chi connectivity index (χ0) is 36.2. The van der Waals surface area contributed by atoms with Gasteiger partial charge in [0.25, 0.3) is 11.8 Å². The van der Waals surface area contributed by atoms with Crippen molar-refractivity contribution in [3.63, 3.8) is 0 Å². The highest BCUT2D eigenvalue weighted by molar-refractivity contribution is 6.36. The number of imidazole rings is 2. The van der Waals surface area contributed by atoms with E-state index in [2.05, 4.69) is 25.4 Å². The molecule has 0 unspecified atom stereocenters. The molecule has 0 radical (unpaired) electrons. The van der Waals surface area contributed by atoms with E-state index in [0.29, 0.717) is 42.7 Å². The van der Waals surface area contributed by atoms with Crippen LogP contribution in [-0.2, 0) is 44.8 Å². The summed E-state index contributed by atoms with van der Waals surface area (Å²) in [6.45, 7) is 4.81. The molecule has 2 aromatic carbocycles. The molecule has 1 aliphatic carbocycles. The number of likely N-dealkylation sites (N-methyl/N-ethyl adjacent to an activating group) is 1. The summed E-state index contributed by atoms with van der Waals surface area (Å²) in [5.41, 5.74) is 4.50. The van der Waals surface area contributed by atoms with Crippen molar-refractivity contribution in [3.8, 4) is 16.9 Å². The lowest BCUT2D eigenvalue weighted by Gasteiger charge is -2.41. The maximum Gasteiger partial charge on any atom is 0.309 e. The standard InChI is InChI=1S/C37H43ClN8O5/c1-37(36(50)51)15-11-21(12-16-37)46-18-14-29-27(20-46)40-32(45(29)4)34(48)41-24-9-5-7-22(30(24)38)23-8-6-10-25(31(23)47)42-35(49)33-39-26-19-43(2)17-13-28(26)44(33)3/h5-10,21,47H,11-20H2,1-4H3,(H,41,48)(H,42,49)(H,50,51). The number of hydrogen-bond donors (Lipinski definition) is 4. The van der Waals surface area contributed by atoms with Gasteiger partial charge in [-0.15, -0.1) is 0 Å². The third-order valence-corrected chi connectivity index (χ3v) is 11.5. The molecule has 14 heteroatoms. The van der Waals surface area contributed by atoms with E-state index in [1.807, 2.05) is 37.2 Å². The summed E-state index contributed by atoms with van der Waals surface area (Å²) in [7, 11) is 5.68. The number of benzene rings is 2. The van der Waals surface area contributed by atoms with Gasteiger partial charge < -0.3 is 34.9 Å². The van der Waals surface area contributed by atoms with Gasteiger partial charge in [-0.3, -0.25) is 19.3 Å². The number of carboxylic acids is 1. The monoisotopic (exact) mass is 714 g/mol. The topological polar surface area (TPSA) is 158 Å². The first-order valence-corrected chi connectivity index (χ1v) is 17.7. The van der Waals surface area contributed by atoms with Gasteiger partial charge in [-0.25, -0.2) is 9.97 Å². The Bertz CT molecular complexity index is 2050. The molecule has 268 valence electrons.